The fourth-order valence-corrected chi connectivity index (χ4v) is 1.99. The summed E-state index contributed by atoms with van der Waals surface area (Å²) in [5, 5.41) is 21.9. The van der Waals surface area contributed by atoms with Crippen LogP contribution in [0.2, 0.25) is 5.02 Å². The average molecular weight is 287 g/mol. The molecule has 1 aromatic heterocycles. The first kappa shape index (κ1) is 14.0. The quantitative estimate of drug-likeness (QED) is 0.861. The Hall–Kier alpha value is -2.45. The number of nitrogens with one attached hydrogen (secondary N) is 1. The van der Waals surface area contributed by atoms with E-state index in [0.717, 1.165) is 0 Å². The summed E-state index contributed by atoms with van der Waals surface area (Å²) in [4.78, 5) is 11.6. The Balaban J connectivity index is 2.81. The highest BCUT2D eigenvalue weighted by molar-refractivity contribution is 6.30. The van der Waals surface area contributed by atoms with Crippen molar-refractivity contribution in [2.45, 2.75) is 13.8 Å². The van der Waals surface area contributed by atoms with E-state index in [0.29, 0.717) is 16.3 Å². The van der Waals surface area contributed by atoms with Crippen molar-refractivity contribution in [3.8, 4) is 11.8 Å². The number of nitrogens with zero attached hydrogens (tertiary/aromatic N) is 3. The summed E-state index contributed by atoms with van der Waals surface area (Å²) < 4.78 is 1.26. The van der Waals surface area contributed by atoms with Crippen molar-refractivity contribution < 1.29 is 4.79 Å². The molecule has 2 rings (SSSR count). The fourth-order valence-electron chi connectivity index (χ4n) is 1.87. The molecule has 20 heavy (non-hydrogen) atoms. The van der Waals surface area contributed by atoms with Gasteiger partial charge in [-0.1, -0.05) is 11.6 Å². The number of nitriles is 1. The summed E-state index contributed by atoms with van der Waals surface area (Å²) in [5.41, 5.74) is 1.26. The first-order valence-corrected chi connectivity index (χ1v) is 6.19. The van der Waals surface area contributed by atoms with E-state index in [1.807, 2.05) is 6.07 Å². The van der Waals surface area contributed by atoms with Crippen LogP contribution in [0.3, 0.4) is 0 Å². The van der Waals surface area contributed by atoms with Gasteiger partial charge in [0.15, 0.2) is 11.3 Å². The minimum atomic E-state index is -0.248. The summed E-state index contributed by atoms with van der Waals surface area (Å²) in [7, 11) is 0. The highest BCUT2D eigenvalue weighted by Gasteiger charge is 2.15. The minimum Gasteiger partial charge on any atom is -0.293 e. The van der Waals surface area contributed by atoms with Crippen molar-refractivity contribution in [3.05, 3.63) is 51.6 Å². The molecule has 1 aromatic carbocycles. The van der Waals surface area contributed by atoms with Crippen molar-refractivity contribution in [2.24, 2.45) is 0 Å². The summed E-state index contributed by atoms with van der Waals surface area (Å²) in [6.45, 7) is 3.00. The van der Waals surface area contributed by atoms with E-state index in [-0.39, 0.29) is 22.5 Å². The predicted octanol–water partition coefficient (Wildman–Crippen LogP) is 2.39. The van der Waals surface area contributed by atoms with E-state index >= 15 is 0 Å². The molecule has 1 heterocycles. The van der Waals surface area contributed by atoms with Crippen molar-refractivity contribution in [1.29, 1.82) is 10.7 Å². The van der Waals surface area contributed by atoms with E-state index in [1.54, 1.807) is 31.2 Å². The second-order valence-corrected chi connectivity index (χ2v) is 4.69. The molecule has 0 saturated carbocycles. The van der Waals surface area contributed by atoms with Gasteiger partial charge in [-0.2, -0.15) is 10.4 Å². The lowest BCUT2D eigenvalue weighted by Crippen LogP contribution is -2.28. The number of carbonyl (C=O) groups excluding carboxylic acids is 1. The Morgan fingerprint density at radius 2 is 2.00 bits per heavy atom. The number of hydrogen-bond donors (Lipinski definition) is 1. The van der Waals surface area contributed by atoms with Crippen LogP contribution < -0.4 is 5.49 Å². The molecule has 0 unspecified atom stereocenters. The number of benzene rings is 1. The number of carbonyl (C=O) groups is 1. The molecular weight excluding hydrogens is 276 g/mol. The van der Waals surface area contributed by atoms with Gasteiger partial charge < -0.3 is 0 Å². The highest BCUT2D eigenvalue weighted by Crippen LogP contribution is 2.13. The summed E-state index contributed by atoms with van der Waals surface area (Å²) in [5.74, 6) is -0.248. The van der Waals surface area contributed by atoms with Crippen LogP contribution in [0.1, 0.15) is 28.5 Å². The molecule has 0 fully saturated rings. The van der Waals surface area contributed by atoms with Crippen LogP contribution in [-0.4, -0.2) is 15.6 Å². The van der Waals surface area contributed by atoms with Gasteiger partial charge in [0.25, 0.3) is 0 Å². The molecule has 5 nitrogen and oxygen atoms in total. The Kier molecular flexibility index (Phi) is 3.68. The highest BCUT2D eigenvalue weighted by atomic mass is 35.5. The predicted molar refractivity (Wildman–Crippen MR) is 73.9 cm³/mol. The van der Waals surface area contributed by atoms with E-state index < -0.39 is 0 Å². The number of aromatic nitrogens is 2. The molecule has 6 heteroatoms. The van der Waals surface area contributed by atoms with Crippen LogP contribution in [0.15, 0.2) is 24.3 Å². The molecule has 0 amide bonds. The number of hydrogen-bond acceptors (Lipinski definition) is 4. The van der Waals surface area contributed by atoms with Crippen molar-refractivity contribution >= 4 is 17.4 Å². The number of Topliss-reactive ketones (excluding diaryl/α,β-unsaturated/α-hetero) is 1. The number of ketones is 1. The van der Waals surface area contributed by atoms with Crippen molar-refractivity contribution in [1.82, 2.24) is 9.78 Å². The number of rotatable bonds is 2. The average Bonchev–Trinajstić information content (AvgIpc) is 2.40. The summed E-state index contributed by atoms with van der Waals surface area (Å²) in [6, 6.07) is 8.62. The maximum Gasteiger partial charge on any atom is 0.180 e. The third-order valence-corrected chi connectivity index (χ3v) is 3.15. The Labute approximate surface area is 120 Å². The Morgan fingerprint density at radius 1 is 1.40 bits per heavy atom. The van der Waals surface area contributed by atoms with Crippen LogP contribution in [0.4, 0.5) is 0 Å². The first-order chi connectivity index (χ1) is 9.45. The lowest BCUT2D eigenvalue weighted by molar-refractivity contribution is 0.101. The van der Waals surface area contributed by atoms with Gasteiger partial charge in [0.2, 0.25) is 0 Å². The summed E-state index contributed by atoms with van der Waals surface area (Å²) in [6.07, 6.45) is 0. The van der Waals surface area contributed by atoms with Gasteiger partial charge in [-0.15, -0.1) is 0 Å². The number of halogens is 1. The van der Waals surface area contributed by atoms with Gasteiger partial charge in [-0.05, 0) is 31.2 Å². The zero-order valence-corrected chi connectivity index (χ0v) is 11.7. The van der Waals surface area contributed by atoms with Gasteiger partial charge in [0.05, 0.1) is 5.69 Å². The van der Waals surface area contributed by atoms with E-state index in [2.05, 4.69) is 5.10 Å². The maximum absolute atomic E-state index is 11.6. The largest absolute Gasteiger partial charge is 0.293 e. The molecule has 0 saturated heterocycles. The fraction of sp³-hybridized carbons (Fsp3) is 0.143. The Bertz CT molecular complexity index is 785. The Morgan fingerprint density at radius 3 is 2.50 bits per heavy atom. The molecule has 0 spiro atoms. The summed E-state index contributed by atoms with van der Waals surface area (Å²) >= 11 is 5.82. The normalized spacial score (nSPS) is 10.1. The van der Waals surface area contributed by atoms with Gasteiger partial charge in [0, 0.05) is 17.5 Å². The third kappa shape index (κ3) is 2.33. The van der Waals surface area contributed by atoms with Crippen LogP contribution in [-0.2, 0) is 0 Å². The molecule has 0 aliphatic rings. The molecule has 2 aromatic rings. The van der Waals surface area contributed by atoms with E-state index in [4.69, 9.17) is 17.0 Å². The first-order valence-electron chi connectivity index (χ1n) is 5.81. The lowest BCUT2D eigenvalue weighted by Gasteiger charge is -2.11. The molecular formula is C14H11ClN4O. The lowest BCUT2D eigenvalue weighted by atomic mass is 10.1. The van der Waals surface area contributed by atoms with Crippen LogP contribution in [0, 0.1) is 23.7 Å². The molecule has 0 aliphatic carbocycles. The zero-order chi connectivity index (χ0) is 14.9. The van der Waals surface area contributed by atoms with Crippen LogP contribution in [0.5, 0.6) is 0 Å². The standard InChI is InChI=1S/C14H11ClN4O/c1-8-12(7-16)14(17)19(18-13(8)9(2)20)11-5-3-10(15)4-6-11/h3-6,17H,1-2H3. The SMILES string of the molecule is CC(=O)c1nn(-c2ccc(Cl)cc2)c(=N)c(C#N)c1C. The zero-order valence-electron chi connectivity index (χ0n) is 10.9. The second-order valence-electron chi connectivity index (χ2n) is 4.25. The molecule has 1 N–H and O–H groups in total. The minimum absolute atomic E-state index is 0.0580. The van der Waals surface area contributed by atoms with Gasteiger partial charge in [0.1, 0.15) is 17.3 Å². The monoisotopic (exact) mass is 286 g/mol. The molecule has 0 radical (unpaired) electrons. The van der Waals surface area contributed by atoms with Gasteiger partial charge >= 0.3 is 0 Å². The third-order valence-electron chi connectivity index (χ3n) is 2.90. The van der Waals surface area contributed by atoms with E-state index in [1.165, 1.54) is 11.6 Å². The van der Waals surface area contributed by atoms with Crippen LogP contribution in [0.25, 0.3) is 5.69 Å². The van der Waals surface area contributed by atoms with E-state index in [9.17, 15) is 10.1 Å². The molecule has 0 aliphatic heterocycles. The smallest absolute Gasteiger partial charge is 0.180 e. The van der Waals surface area contributed by atoms with Gasteiger partial charge in [-0.3, -0.25) is 10.2 Å². The maximum atomic E-state index is 11.6. The molecule has 0 bridgehead atoms. The van der Waals surface area contributed by atoms with Gasteiger partial charge in [-0.25, -0.2) is 4.68 Å². The second kappa shape index (κ2) is 5.27. The topological polar surface area (TPSA) is 82.5 Å². The van der Waals surface area contributed by atoms with Crippen molar-refractivity contribution in [3.63, 3.8) is 0 Å². The van der Waals surface area contributed by atoms with Crippen LogP contribution >= 0.6 is 11.6 Å². The molecule has 0 atom stereocenters. The van der Waals surface area contributed by atoms with Crippen molar-refractivity contribution in [2.75, 3.05) is 0 Å². The molecule has 100 valence electrons.